The van der Waals surface area contributed by atoms with Gasteiger partial charge in [0.2, 0.25) is 0 Å². The van der Waals surface area contributed by atoms with E-state index in [2.05, 4.69) is 13.8 Å². The van der Waals surface area contributed by atoms with Crippen LogP contribution in [0.5, 0.6) is 0 Å². The lowest BCUT2D eigenvalue weighted by molar-refractivity contribution is 0.103. The van der Waals surface area contributed by atoms with Crippen molar-refractivity contribution in [1.82, 2.24) is 0 Å². The van der Waals surface area contributed by atoms with E-state index in [9.17, 15) is 4.79 Å². The Labute approximate surface area is 155 Å². The van der Waals surface area contributed by atoms with Gasteiger partial charge in [-0.1, -0.05) is 66.7 Å². The molecule has 0 aliphatic rings. The van der Waals surface area contributed by atoms with E-state index >= 15 is 0 Å². The predicted molar refractivity (Wildman–Crippen MR) is 106 cm³/mol. The summed E-state index contributed by atoms with van der Waals surface area (Å²) in [5.41, 5.74) is 7.07. The van der Waals surface area contributed by atoms with Crippen LogP contribution in [0.4, 0.5) is 0 Å². The number of aryl methyl sites for hydroxylation is 1. The molecule has 0 aliphatic carbocycles. The standard InChI is InChI=1S/C22H20O.HO2P/c1-15-13-14-19(17(3)16(15)2)22(23)21-12-8-7-11-20(21)18-9-5-4-6-10-18;1-3-2/h4-14H,1-3H3;(H,1,2). The van der Waals surface area contributed by atoms with E-state index < -0.39 is 8.69 Å². The zero-order valence-corrected chi connectivity index (χ0v) is 16.0. The Hall–Kier alpha value is -2.61. The third-order valence-corrected chi connectivity index (χ3v) is 4.56. The molecule has 0 atom stereocenters. The van der Waals surface area contributed by atoms with Crippen molar-refractivity contribution in [3.8, 4) is 11.1 Å². The number of carbonyl (C=O) groups excluding carboxylic acids is 1. The van der Waals surface area contributed by atoms with Crippen LogP contribution in [0.3, 0.4) is 0 Å². The van der Waals surface area contributed by atoms with Crippen molar-refractivity contribution in [1.29, 1.82) is 0 Å². The first-order chi connectivity index (χ1) is 12.5. The Morgan fingerprint density at radius 3 is 2.00 bits per heavy atom. The van der Waals surface area contributed by atoms with Gasteiger partial charge in [0.05, 0.1) is 0 Å². The molecule has 4 heteroatoms. The topological polar surface area (TPSA) is 54.4 Å². The molecule has 0 amide bonds. The van der Waals surface area contributed by atoms with E-state index in [1.54, 1.807) is 0 Å². The van der Waals surface area contributed by atoms with Crippen molar-refractivity contribution in [2.45, 2.75) is 20.8 Å². The molecule has 0 aromatic heterocycles. The highest BCUT2D eigenvalue weighted by Gasteiger charge is 2.17. The fourth-order valence-electron chi connectivity index (χ4n) is 2.90. The number of hydrogen-bond donors (Lipinski definition) is 1. The second-order valence-corrected chi connectivity index (χ2v) is 6.17. The lowest BCUT2D eigenvalue weighted by atomic mass is 9.90. The Kier molecular flexibility index (Phi) is 6.97. The van der Waals surface area contributed by atoms with E-state index in [0.717, 1.165) is 27.8 Å². The molecule has 132 valence electrons. The molecule has 0 aliphatic heterocycles. The van der Waals surface area contributed by atoms with Crippen molar-refractivity contribution < 1.29 is 14.3 Å². The van der Waals surface area contributed by atoms with E-state index in [1.165, 1.54) is 11.1 Å². The molecule has 0 radical (unpaired) electrons. The van der Waals surface area contributed by atoms with E-state index in [4.69, 9.17) is 9.46 Å². The minimum atomic E-state index is -0.833. The van der Waals surface area contributed by atoms with Crippen LogP contribution in [0.1, 0.15) is 32.6 Å². The molecule has 0 bridgehead atoms. The largest absolute Gasteiger partial charge is 0.324 e. The summed E-state index contributed by atoms with van der Waals surface area (Å²) in [6.45, 7) is 6.18. The lowest BCUT2D eigenvalue weighted by Crippen LogP contribution is -2.07. The predicted octanol–water partition coefficient (Wildman–Crippen LogP) is 5.70. The van der Waals surface area contributed by atoms with Crippen LogP contribution in [0.25, 0.3) is 11.1 Å². The second kappa shape index (κ2) is 9.19. The summed E-state index contributed by atoms with van der Waals surface area (Å²) in [5, 5.41) is 0. The molecule has 1 N–H and O–H groups in total. The minimum Gasteiger partial charge on any atom is -0.310 e. The first-order valence-electron chi connectivity index (χ1n) is 8.24. The molecule has 0 saturated heterocycles. The summed E-state index contributed by atoms with van der Waals surface area (Å²) >= 11 is 0. The van der Waals surface area contributed by atoms with E-state index in [0.29, 0.717) is 0 Å². The van der Waals surface area contributed by atoms with Crippen molar-refractivity contribution >= 4 is 14.5 Å². The van der Waals surface area contributed by atoms with Crippen LogP contribution >= 0.6 is 8.69 Å². The van der Waals surface area contributed by atoms with Crippen molar-refractivity contribution in [3.05, 3.63) is 94.5 Å². The molecule has 3 aromatic rings. The highest BCUT2D eigenvalue weighted by Crippen LogP contribution is 2.27. The lowest BCUT2D eigenvalue weighted by Gasteiger charge is -2.13. The van der Waals surface area contributed by atoms with Crippen LogP contribution in [-0.2, 0) is 4.57 Å². The van der Waals surface area contributed by atoms with Crippen LogP contribution < -0.4 is 0 Å². The maximum Gasteiger partial charge on any atom is 0.324 e. The van der Waals surface area contributed by atoms with Gasteiger partial charge in [0.1, 0.15) is 0 Å². The fraction of sp³-hybridized carbons (Fsp3) is 0.136. The maximum absolute atomic E-state index is 13.1. The van der Waals surface area contributed by atoms with Crippen molar-refractivity contribution in [2.24, 2.45) is 0 Å². The maximum atomic E-state index is 13.1. The number of rotatable bonds is 3. The summed E-state index contributed by atoms with van der Waals surface area (Å²) in [7, 11) is -0.833. The van der Waals surface area contributed by atoms with Gasteiger partial charge in [-0.15, -0.1) is 0 Å². The molecular weight excluding hydrogens is 343 g/mol. The van der Waals surface area contributed by atoms with Gasteiger partial charge in [0.25, 0.3) is 0 Å². The van der Waals surface area contributed by atoms with Gasteiger partial charge in [-0.3, -0.25) is 4.79 Å². The van der Waals surface area contributed by atoms with Crippen molar-refractivity contribution in [2.75, 3.05) is 0 Å². The van der Waals surface area contributed by atoms with Gasteiger partial charge < -0.3 is 4.89 Å². The zero-order valence-electron chi connectivity index (χ0n) is 15.1. The Balaban J connectivity index is 0.000000758. The molecule has 0 heterocycles. The summed E-state index contributed by atoms with van der Waals surface area (Å²) < 4.78 is 8.46. The summed E-state index contributed by atoms with van der Waals surface area (Å²) in [6.07, 6.45) is 0. The molecule has 0 unspecified atom stereocenters. The third-order valence-electron chi connectivity index (χ3n) is 4.56. The van der Waals surface area contributed by atoms with Crippen LogP contribution in [0.15, 0.2) is 66.7 Å². The molecule has 0 fully saturated rings. The van der Waals surface area contributed by atoms with Gasteiger partial charge in [-0.2, -0.15) is 0 Å². The third kappa shape index (κ3) is 4.32. The van der Waals surface area contributed by atoms with Gasteiger partial charge in [0, 0.05) is 11.1 Å². The highest BCUT2D eigenvalue weighted by atomic mass is 31.1. The van der Waals surface area contributed by atoms with Gasteiger partial charge in [-0.25, -0.2) is 4.57 Å². The normalized spacial score (nSPS) is 10.2. The molecule has 3 nitrogen and oxygen atoms in total. The molecule has 3 aromatic carbocycles. The van der Waals surface area contributed by atoms with Crippen LogP contribution in [-0.4, -0.2) is 10.7 Å². The SMILES string of the molecule is Cc1ccc(C(=O)c2ccccc2-c2ccccc2)c(C)c1C.O=PO. The Bertz CT molecular complexity index is 918. The first kappa shape index (κ1) is 19.7. The number of carbonyl (C=O) groups is 1. The average molecular weight is 364 g/mol. The molecule has 3 rings (SSSR count). The molecule has 0 spiro atoms. The van der Waals surface area contributed by atoms with Gasteiger partial charge >= 0.3 is 8.69 Å². The number of hydrogen-bond acceptors (Lipinski definition) is 2. The van der Waals surface area contributed by atoms with Crippen LogP contribution in [0, 0.1) is 20.8 Å². The molecule has 0 saturated carbocycles. The summed E-state index contributed by atoms with van der Waals surface area (Å²) in [4.78, 5) is 20.1. The number of ketones is 1. The second-order valence-electron chi connectivity index (χ2n) is 6.00. The minimum absolute atomic E-state index is 0.0880. The first-order valence-corrected chi connectivity index (χ1v) is 9.00. The van der Waals surface area contributed by atoms with Gasteiger partial charge in [0.15, 0.2) is 5.78 Å². The smallest absolute Gasteiger partial charge is 0.310 e. The van der Waals surface area contributed by atoms with E-state index in [1.807, 2.05) is 73.7 Å². The fourth-order valence-corrected chi connectivity index (χ4v) is 2.90. The summed E-state index contributed by atoms with van der Waals surface area (Å²) in [5.74, 6) is 0.0880. The quantitative estimate of drug-likeness (QED) is 0.479. The Morgan fingerprint density at radius 2 is 1.35 bits per heavy atom. The van der Waals surface area contributed by atoms with Gasteiger partial charge in [-0.05, 0) is 48.6 Å². The van der Waals surface area contributed by atoms with Crippen LogP contribution in [0.2, 0.25) is 0 Å². The monoisotopic (exact) mass is 364 g/mol. The van der Waals surface area contributed by atoms with Crippen molar-refractivity contribution in [3.63, 3.8) is 0 Å². The highest BCUT2D eigenvalue weighted by molar-refractivity contribution is 7.16. The molecule has 26 heavy (non-hydrogen) atoms. The Morgan fingerprint density at radius 1 is 0.769 bits per heavy atom. The van der Waals surface area contributed by atoms with E-state index in [-0.39, 0.29) is 5.78 Å². The summed E-state index contributed by atoms with van der Waals surface area (Å²) in [6, 6.07) is 21.9. The molecular formula is C22H21O3P. The number of benzene rings is 3. The average Bonchev–Trinajstić information content (AvgIpc) is 2.67. The zero-order chi connectivity index (χ0) is 19.1.